The van der Waals surface area contributed by atoms with Gasteiger partial charge in [0.05, 0.1) is 16.8 Å². The van der Waals surface area contributed by atoms with Gasteiger partial charge in [0.2, 0.25) is 0 Å². The number of thiophene rings is 1. The Morgan fingerprint density at radius 3 is 2.59 bits per heavy atom. The van der Waals surface area contributed by atoms with Crippen molar-refractivity contribution < 1.29 is 9.59 Å². The third kappa shape index (κ3) is 3.27. The molecule has 0 radical (unpaired) electrons. The predicted molar refractivity (Wildman–Crippen MR) is 114 cm³/mol. The molecule has 1 aromatic carbocycles. The molecule has 0 aliphatic rings. The Bertz CT molecular complexity index is 1260. The lowest BCUT2D eigenvalue weighted by Crippen LogP contribution is -2.17. The first-order valence-electron chi connectivity index (χ1n) is 8.96. The number of anilines is 1. The minimum absolute atomic E-state index is 0.318. The van der Waals surface area contributed by atoms with Crippen molar-refractivity contribution in [3.05, 3.63) is 64.3 Å². The highest BCUT2D eigenvalue weighted by molar-refractivity contribution is 7.17. The summed E-state index contributed by atoms with van der Waals surface area (Å²) in [6, 6.07) is 11.3. The molecular weight excluding hydrogens is 386 g/mol. The van der Waals surface area contributed by atoms with E-state index < -0.39 is 5.91 Å². The molecule has 0 fully saturated rings. The smallest absolute Gasteiger partial charge is 0.257 e. The first-order valence-corrected chi connectivity index (χ1v) is 9.77. The summed E-state index contributed by atoms with van der Waals surface area (Å²) >= 11 is 1.33. The molecule has 2 amide bonds. The van der Waals surface area contributed by atoms with Gasteiger partial charge in [-0.25, -0.2) is 4.98 Å². The van der Waals surface area contributed by atoms with Crippen LogP contribution in [0.15, 0.2) is 42.6 Å². The van der Waals surface area contributed by atoms with Gasteiger partial charge in [0.1, 0.15) is 5.00 Å². The maximum atomic E-state index is 12.9. The first kappa shape index (κ1) is 18.8. The van der Waals surface area contributed by atoms with Crippen molar-refractivity contribution in [1.82, 2.24) is 14.8 Å². The fourth-order valence-electron chi connectivity index (χ4n) is 3.43. The highest BCUT2D eigenvalue weighted by atomic mass is 32.1. The van der Waals surface area contributed by atoms with Crippen molar-refractivity contribution in [3.63, 3.8) is 0 Å². The number of hydrogen-bond donors (Lipinski definition) is 2. The number of nitrogens with one attached hydrogen (secondary N) is 1. The van der Waals surface area contributed by atoms with E-state index in [9.17, 15) is 9.59 Å². The number of carbonyl (C=O) groups excluding carboxylic acids is 2. The van der Waals surface area contributed by atoms with Gasteiger partial charge in [-0.3, -0.25) is 14.3 Å². The van der Waals surface area contributed by atoms with Crippen LogP contribution in [-0.2, 0) is 7.05 Å². The maximum Gasteiger partial charge on any atom is 0.257 e. The number of nitrogens with zero attached hydrogens (tertiary/aromatic N) is 3. The quantitative estimate of drug-likeness (QED) is 0.541. The van der Waals surface area contributed by atoms with E-state index in [1.54, 1.807) is 17.8 Å². The third-order valence-corrected chi connectivity index (χ3v) is 5.77. The summed E-state index contributed by atoms with van der Waals surface area (Å²) < 4.78 is 1.67. The molecular formula is C21H19N5O2S. The van der Waals surface area contributed by atoms with Crippen molar-refractivity contribution >= 4 is 39.2 Å². The number of fused-ring (bicyclic) bond motifs is 1. The van der Waals surface area contributed by atoms with E-state index in [1.807, 2.05) is 44.2 Å². The lowest BCUT2D eigenvalue weighted by Gasteiger charge is -2.07. The van der Waals surface area contributed by atoms with Gasteiger partial charge in [0, 0.05) is 29.1 Å². The standard InChI is InChI=1S/C21H19N5O2S/c1-11-15-9-14(10-23-19(15)26(3)25-11)20(28)24-21-17(18(22)27)16(12(2)29-21)13-7-5-4-6-8-13/h4-10H,1-3H3,(H2,22,27)(H,24,28). The SMILES string of the molecule is Cc1sc(NC(=O)c2cnc3c(c2)c(C)nn3C)c(C(N)=O)c1-c1ccccc1. The van der Waals surface area contributed by atoms with E-state index in [1.165, 1.54) is 17.5 Å². The van der Waals surface area contributed by atoms with Crippen LogP contribution < -0.4 is 11.1 Å². The number of aromatic nitrogens is 3. The summed E-state index contributed by atoms with van der Waals surface area (Å²) in [5.41, 5.74) is 9.50. The van der Waals surface area contributed by atoms with Gasteiger partial charge in [-0.2, -0.15) is 5.10 Å². The Kier molecular flexibility index (Phi) is 4.63. The van der Waals surface area contributed by atoms with Crippen LogP contribution in [-0.4, -0.2) is 26.6 Å². The molecule has 0 spiro atoms. The summed E-state index contributed by atoms with van der Waals surface area (Å²) in [6.45, 7) is 3.77. The van der Waals surface area contributed by atoms with Crippen molar-refractivity contribution in [2.45, 2.75) is 13.8 Å². The van der Waals surface area contributed by atoms with Crippen molar-refractivity contribution in [2.24, 2.45) is 12.8 Å². The second-order valence-electron chi connectivity index (χ2n) is 6.73. The highest BCUT2D eigenvalue weighted by Crippen LogP contribution is 2.39. The van der Waals surface area contributed by atoms with Crippen LogP contribution in [0, 0.1) is 13.8 Å². The van der Waals surface area contributed by atoms with Crippen LogP contribution in [0.3, 0.4) is 0 Å². The van der Waals surface area contributed by atoms with Gasteiger partial charge < -0.3 is 11.1 Å². The summed E-state index contributed by atoms with van der Waals surface area (Å²) in [5.74, 6) is -0.939. The number of pyridine rings is 1. The number of nitrogens with two attached hydrogens (primary N) is 1. The third-order valence-electron chi connectivity index (χ3n) is 4.75. The van der Waals surface area contributed by atoms with E-state index in [0.29, 0.717) is 21.8 Å². The van der Waals surface area contributed by atoms with E-state index in [4.69, 9.17) is 5.73 Å². The van der Waals surface area contributed by atoms with Gasteiger partial charge in [0.25, 0.3) is 11.8 Å². The molecule has 146 valence electrons. The predicted octanol–water partition coefficient (Wildman–Crippen LogP) is 3.66. The van der Waals surface area contributed by atoms with Crippen molar-refractivity contribution in [1.29, 1.82) is 0 Å². The Labute approximate surface area is 171 Å². The van der Waals surface area contributed by atoms with Crippen molar-refractivity contribution in [3.8, 4) is 11.1 Å². The highest BCUT2D eigenvalue weighted by Gasteiger charge is 2.23. The molecule has 4 rings (SSSR count). The van der Waals surface area contributed by atoms with Gasteiger partial charge in [-0.1, -0.05) is 30.3 Å². The van der Waals surface area contributed by atoms with Crippen LogP contribution >= 0.6 is 11.3 Å². The molecule has 0 saturated carbocycles. The molecule has 3 heterocycles. The van der Waals surface area contributed by atoms with Gasteiger partial charge in [0.15, 0.2) is 5.65 Å². The number of hydrogen-bond acceptors (Lipinski definition) is 5. The van der Waals surface area contributed by atoms with Crippen LogP contribution in [0.2, 0.25) is 0 Å². The Morgan fingerprint density at radius 1 is 1.17 bits per heavy atom. The second-order valence-corrected chi connectivity index (χ2v) is 7.95. The molecule has 8 heteroatoms. The number of rotatable bonds is 4. The molecule has 0 atom stereocenters. The number of benzene rings is 1. The zero-order valence-electron chi connectivity index (χ0n) is 16.2. The number of carbonyl (C=O) groups is 2. The van der Waals surface area contributed by atoms with Crippen LogP contribution in [0.5, 0.6) is 0 Å². The minimum atomic E-state index is -0.583. The molecule has 4 aromatic rings. The van der Waals surface area contributed by atoms with Crippen LogP contribution in [0.1, 0.15) is 31.3 Å². The number of aryl methyl sites for hydroxylation is 3. The topological polar surface area (TPSA) is 103 Å². The van der Waals surface area contributed by atoms with Gasteiger partial charge >= 0.3 is 0 Å². The monoisotopic (exact) mass is 405 g/mol. The van der Waals surface area contributed by atoms with Gasteiger partial charge in [-0.15, -0.1) is 11.3 Å². The fourth-order valence-corrected chi connectivity index (χ4v) is 4.50. The zero-order valence-corrected chi connectivity index (χ0v) is 17.0. The van der Waals surface area contributed by atoms with E-state index in [2.05, 4.69) is 15.4 Å². The molecule has 7 nitrogen and oxygen atoms in total. The average molecular weight is 405 g/mol. The maximum absolute atomic E-state index is 12.9. The molecule has 29 heavy (non-hydrogen) atoms. The van der Waals surface area contributed by atoms with E-state index in [-0.39, 0.29) is 5.91 Å². The van der Waals surface area contributed by atoms with Crippen LogP contribution in [0.4, 0.5) is 5.00 Å². The van der Waals surface area contributed by atoms with E-state index >= 15 is 0 Å². The normalized spacial score (nSPS) is 11.0. The molecule has 0 unspecified atom stereocenters. The number of amides is 2. The average Bonchev–Trinajstić information content (AvgIpc) is 3.18. The Morgan fingerprint density at radius 2 is 1.90 bits per heavy atom. The molecule has 0 aliphatic heterocycles. The number of primary amides is 1. The largest absolute Gasteiger partial charge is 0.365 e. The molecule has 3 aromatic heterocycles. The van der Waals surface area contributed by atoms with Crippen molar-refractivity contribution in [2.75, 3.05) is 5.32 Å². The first-order chi connectivity index (χ1) is 13.9. The summed E-state index contributed by atoms with van der Waals surface area (Å²) in [6.07, 6.45) is 1.50. The lowest BCUT2D eigenvalue weighted by molar-refractivity contribution is 0.100. The van der Waals surface area contributed by atoms with E-state index in [0.717, 1.165) is 27.1 Å². The molecule has 0 saturated heterocycles. The summed E-state index contributed by atoms with van der Waals surface area (Å²) in [5, 5.41) is 8.41. The summed E-state index contributed by atoms with van der Waals surface area (Å²) in [7, 11) is 1.81. The second kappa shape index (κ2) is 7.14. The zero-order chi connectivity index (χ0) is 20.7. The summed E-state index contributed by atoms with van der Waals surface area (Å²) in [4.78, 5) is 30.4. The lowest BCUT2D eigenvalue weighted by atomic mass is 10.0. The Balaban J connectivity index is 1.74. The Hall–Kier alpha value is -3.52. The molecule has 0 aliphatic carbocycles. The minimum Gasteiger partial charge on any atom is -0.365 e. The molecule has 0 bridgehead atoms. The molecule has 3 N–H and O–H groups in total. The fraction of sp³-hybridized carbons (Fsp3) is 0.143. The van der Waals surface area contributed by atoms with Crippen LogP contribution in [0.25, 0.3) is 22.2 Å². The van der Waals surface area contributed by atoms with Gasteiger partial charge in [-0.05, 0) is 25.5 Å².